The Kier molecular flexibility index (Phi) is 3.61. The maximum absolute atomic E-state index is 6.09. The first-order valence-corrected chi connectivity index (χ1v) is 6.06. The van der Waals surface area contributed by atoms with Crippen molar-refractivity contribution in [1.29, 1.82) is 0 Å². The van der Waals surface area contributed by atoms with E-state index in [1.54, 1.807) is 22.8 Å². The van der Waals surface area contributed by atoms with Crippen LogP contribution in [0.1, 0.15) is 6.42 Å². The molecule has 1 aromatic heterocycles. The van der Waals surface area contributed by atoms with Gasteiger partial charge in [-0.3, -0.25) is 0 Å². The maximum atomic E-state index is 6.09. The zero-order valence-corrected chi connectivity index (χ0v) is 9.61. The Labute approximate surface area is 93.4 Å². The summed E-state index contributed by atoms with van der Waals surface area (Å²) in [7, 11) is 1.89. The van der Waals surface area contributed by atoms with Gasteiger partial charge in [0.15, 0.2) is 5.16 Å². The van der Waals surface area contributed by atoms with Crippen LogP contribution in [0.15, 0.2) is 11.5 Å². The number of ether oxygens (including phenoxy) is 1. The Morgan fingerprint density at radius 1 is 1.80 bits per heavy atom. The highest BCUT2D eigenvalue weighted by atomic mass is 32.2. The summed E-state index contributed by atoms with van der Waals surface area (Å²) in [5.41, 5.74) is 6.09. The van der Waals surface area contributed by atoms with Crippen molar-refractivity contribution in [1.82, 2.24) is 14.8 Å². The topological polar surface area (TPSA) is 66.0 Å². The molecule has 1 fully saturated rings. The predicted molar refractivity (Wildman–Crippen MR) is 58.6 cm³/mol. The van der Waals surface area contributed by atoms with Gasteiger partial charge in [-0.15, -0.1) is 0 Å². The van der Waals surface area contributed by atoms with Crippen molar-refractivity contribution in [3.63, 3.8) is 0 Å². The first-order chi connectivity index (χ1) is 7.27. The number of nitrogens with zero attached hydrogens (tertiary/aromatic N) is 3. The smallest absolute Gasteiger partial charge is 0.185 e. The van der Waals surface area contributed by atoms with Gasteiger partial charge in [0.2, 0.25) is 0 Å². The number of hydrogen-bond donors (Lipinski definition) is 1. The fourth-order valence-corrected chi connectivity index (χ4v) is 2.58. The van der Waals surface area contributed by atoms with E-state index in [1.165, 1.54) is 0 Å². The molecule has 2 N–H and O–H groups in total. The van der Waals surface area contributed by atoms with Gasteiger partial charge in [-0.25, -0.2) is 9.67 Å². The van der Waals surface area contributed by atoms with Crippen LogP contribution in [0.25, 0.3) is 0 Å². The minimum Gasteiger partial charge on any atom is -0.381 e. The van der Waals surface area contributed by atoms with E-state index >= 15 is 0 Å². The van der Waals surface area contributed by atoms with Crippen molar-refractivity contribution < 1.29 is 4.74 Å². The molecule has 2 rings (SSSR count). The number of thioether (sulfide) groups is 1. The van der Waals surface area contributed by atoms with E-state index in [9.17, 15) is 0 Å². The zero-order valence-electron chi connectivity index (χ0n) is 8.80. The fraction of sp³-hybridized carbons (Fsp3) is 0.778. The molecule has 2 atom stereocenters. The highest BCUT2D eigenvalue weighted by Gasteiger charge is 2.23. The Bertz CT molecular complexity index is 311. The number of nitrogens with two attached hydrogens (primary N) is 1. The van der Waals surface area contributed by atoms with Gasteiger partial charge in [0.25, 0.3) is 0 Å². The number of aryl methyl sites for hydroxylation is 1. The average Bonchev–Trinajstić information content (AvgIpc) is 2.85. The number of aromatic nitrogens is 3. The summed E-state index contributed by atoms with van der Waals surface area (Å²) in [6.07, 6.45) is 2.65. The zero-order chi connectivity index (χ0) is 10.7. The van der Waals surface area contributed by atoms with Crippen molar-refractivity contribution in [2.45, 2.75) is 17.6 Å². The minimum absolute atomic E-state index is 0.189. The van der Waals surface area contributed by atoms with E-state index in [-0.39, 0.29) is 6.04 Å². The van der Waals surface area contributed by atoms with Crippen LogP contribution in [0.3, 0.4) is 0 Å². The third-order valence-electron chi connectivity index (χ3n) is 2.65. The molecule has 0 aliphatic carbocycles. The molecule has 15 heavy (non-hydrogen) atoms. The number of hydrogen-bond acceptors (Lipinski definition) is 5. The summed E-state index contributed by atoms with van der Waals surface area (Å²) >= 11 is 1.66. The predicted octanol–water partition coefficient (Wildman–Crippen LogP) is 0.271. The van der Waals surface area contributed by atoms with Crippen LogP contribution in [-0.4, -0.2) is 39.8 Å². The molecule has 0 amide bonds. The van der Waals surface area contributed by atoms with Gasteiger partial charge >= 0.3 is 0 Å². The van der Waals surface area contributed by atoms with E-state index in [2.05, 4.69) is 10.1 Å². The van der Waals surface area contributed by atoms with Gasteiger partial charge in [-0.2, -0.15) is 5.10 Å². The number of rotatable bonds is 4. The molecule has 0 spiro atoms. The van der Waals surface area contributed by atoms with Gasteiger partial charge in [0.05, 0.1) is 6.61 Å². The van der Waals surface area contributed by atoms with Crippen LogP contribution in [0.5, 0.6) is 0 Å². The van der Waals surface area contributed by atoms with Gasteiger partial charge in [-0.05, 0) is 6.42 Å². The molecular weight excluding hydrogens is 212 g/mol. The van der Waals surface area contributed by atoms with Gasteiger partial charge in [0.1, 0.15) is 6.33 Å². The molecule has 2 heterocycles. The lowest BCUT2D eigenvalue weighted by Crippen LogP contribution is -2.32. The summed E-state index contributed by atoms with van der Waals surface area (Å²) in [6.45, 7) is 1.66. The molecule has 5 nitrogen and oxygen atoms in total. The molecule has 0 bridgehead atoms. The van der Waals surface area contributed by atoms with Crippen molar-refractivity contribution in [2.24, 2.45) is 18.7 Å². The molecule has 6 heteroatoms. The maximum Gasteiger partial charge on any atom is 0.185 e. The summed E-state index contributed by atoms with van der Waals surface area (Å²) in [4.78, 5) is 4.14. The minimum atomic E-state index is 0.189. The first kappa shape index (κ1) is 10.9. The highest BCUT2D eigenvalue weighted by Crippen LogP contribution is 2.21. The van der Waals surface area contributed by atoms with Gasteiger partial charge < -0.3 is 10.5 Å². The van der Waals surface area contributed by atoms with Crippen LogP contribution >= 0.6 is 11.8 Å². The summed E-state index contributed by atoms with van der Waals surface area (Å²) in [6, 6.07) is 0.189. The van der Waals surface area contributed by atoms with Crippen molar-refractivity contribution in [3.8, 4) is 0 Å². The van der Waals surface area contributed by atoms with Crippen LogP contribution in [0.2, 0.25) is 0 Å². The quantitative estimate of drug-likeness (QED) is 0.749. The lowest BCUT2D eigenvalue weighted by atomic mass is 10.0. The van der Waals surface area contributed by atoms with Crippen LogP contribution in [0, 0.1) is 5.92 Å². The summed E-state index contributed by atoms with van der Waals surface area (Å²) in [5, 5.41) is 4.93. The molecule has 1 saturated heterocycles. The van der Waals surface area contributed by atoms with Crippen LogP contribution < -0.4 is 5.73 Å². The van der Waals surface area contributed by atoms with Crippen LogP contribution in [0.4, 0.5) is 0 Å². The van der Waals surface area contributed by atoms with Crippen molar-refractivity contribution >= 4 is 11.8 Å². The molecular formula is C9H16N4OS. The second-order valence-corrected chi connectivity index (χ2v) is 4.75. The molecule has 0 aromatic carbocycles. The van der Waals surface area contributed by atoms with Crippen LogP contribution in [-0.2, 0) is 11.8 Å². The lowest BCUT2D eigenvalue weighted by molar-refractivity contribution is 0.182. The molecule has 1 aromatic rings. The van der Waals surface area contributed by atoms with E-state index < -0.39 is 0 Å². The largest absolute Gasteiger partial charge is 0.381 e. The second-order valence-electron chi connectivity index (χ2n) is 3.76. The van der Waals surface area contributed by atoms with E-state index in [0.29, 0.717) is 5.92 Å². The third kappa shape index (κ3) is 2.70. The standard InChI is InChI=1S/C9H16N4OS/c1-13-9(11-6-12-13)15-5-8(10)7-2-3-14-4-7/h6-8H,2-5,10H2,1H3. The highest BCUT2D eigenvalue weighted by molar-refractivity contribution is 7.99. The lowest BCUT2D eigenvalue weighted by Gasteiger charge is -2.16. The fourth-order valence-electron chi connectivity index (χ4n) is 1.61. The molecule has 1 aliphatic rings. The first-order valence-electron chi connectivity index (χ1n) is 5.07. The Balaban J connectivity index is 1.80. The summed E-state index contributed by atoms with van der Waals surface area (Å²) in [5.74, 6) is 1.38. The Morgan fingerprint density at radius 2 is 2.67 bits per heavy atom. The van der Waals surface area contributed by atoms with E-state index in [0.717, 1.165) is 30.5 Å². The average molecular weight is 228 g/mol. The van der Waals surface area contributed by atoms with Gasteiger partial charge in [-0.1, -0.05) is 11.8 Å². The van der Waals surface area contributed by atoms with Crippen molar-refractivity contribution in [2.75, 3.05) is 19.0 Å². The molecule has 0 radical (unpaired) electrons. The normalized spacial score (nSPS) is 23.2. The monoisotopic (exact) mass is 228 g/mol. The molecule has 84 valence electrons. The second kappa shape index (κ2) is 4.96. The van der Waals surface area contributed by atoms with Gasteiger partial charge in [0, 0.05) is 31.4 Å². The molecule has 0 saturated carbocycles. The molecule has 1 aliphatic heterocycles. The third-order valence-corrected chi connectivity index (χ3v) is 3.82. The summed E-state index contributed by atoms with van der Waals surface area (Å²) < 4.78 is 7.08. The van der Waals surface area contributed by atoms with E-state index in [1.807, 2.05) is 7.05 Å². The molecule has 2 unspecified atom stereocenters. The van der Waals surface area contributed by atoms with E-state index in [4.69, 9.17) is 10.5 Å². The van der Waals surface area contributed by atoms with Crippen molar-refractivity contribution in [3.05, 3.63) is 6.33 Å². The SMILES string of the molecule is Cn1ncnc1SCC(N)C1CCOC1. The Hall–Kier alpha value is -0.590. The Morgan fingerprint density at radius 3 is 3.27 bits per heavy atom.